The van der Waals surface area contributed by atoms with Gasteiger partial charge in [0.1, 0.15) is 17.2 Å². The molecule has 1 aliphatic rings. The smallest absolute Gasteiger partial charge is 0.213 e. The van der Waals surface area contributed by atoms with Crippen molar-refractivity contribution in [3.8, 4) is 11.6 Å². The van der Waals surface area contributed by atoms with Crippen LogP contribution in [0.5, 0.6) is 11.6 Å². The maximum Gasteiger partial charge on any atom is 0.213 e. The molecular formula is C22H28N4O4S. The third kappa shape index (κ3) is 4.24. The molecule has 0 radical (unpaired) electrons. The number of hydrogen-bond acceptors (Lipinski definition) is 6. The second-order valence-electron chi connectivity index (χ2n) is 7.92. The second-order valence-corrected chi connectivity index (χ2v) is 10.2. The van der Waals surface area contributed by atoms with Crippen LogP contribution in [0.15, 0.2) is 30.3 Å². The predicted octanol–water partition coefficient (Wildman–Crippen LogP) is 3.03. The number of nitrogens with zero attached hydrogens (tertiary/aromatic N) is 4. The van der Waals surface area contributed by atoms with Crippen LogP contribution in [0, 0.1) is 6.92 Å². The summed E-state index contributed by atoms with van der Waals surface area (Å²) < 4.78 is 32.9. The number of hydrogen-bond donors (Lipinski definition) is 1. The van der Waals surface area contributed by atoms with Gasteiger partial charge in [0, 0.05) is 30.5 Å². The number of aryl methyl sites for hydroxylation is 1. The highest BCUT2D eigenvalue weighted by atomic mass is 32.2. The molecular weight excluding hydrogens is 416 g/mol. The number of sulfonamides is 1. The summed E-state index contributed by atoms with van der Waals surface area (Å²) in [6, 6.07) is 9.41. The number of aromatic hydroxyl groups is 1. The number of piperidine rings is 1. The van der Waals surface area contributed by atoms with Crippen molar-refractivity contribution in [1.29, 1.82) is 0 Å². The van der Waals surface area contributed by atoms with Crippen molar-refractivity contribution >= 4 is 21.1 Å². The zero-order valence-electron chi connectivity index (χ0n) is 18.1. The fraction of sp³-hybridized carbons (Fsp3) is 0.455. The maximum absolute atomic E-state index is 12.1. The Labute approximate surface area is 182 Å². The van der Waals surface area contributed by atoms with Crippen molar-refractivity contribution in [3.05, 3.63) is 47.4 Å². The molecule has 0 atom stereocenters. The largest absolute Gasteiger partial charge is 0.497 e. The molecule has 166 valence electrons. The zero-order chi connectivity index (χ0) is 22.2. The van der Waals surface area contributed by atoms with E-state index in [1.165, 1.54) is 0 Å². The Morgan fingerprint density at radius 3 is 2.61 bits per heavy atom. The fourth-order valence-electron chi connectivity index (χ4n) is 4.14. The number of fused-ring (bicyclic) bond motifs is 1. The third-order valence-electron chi connectivity index (χ3n) is 5.99. The molecule has 1 aromatic carbocycles. The van der Waals surface area contributed by atoms with Gasteiger partial charge in [0.25, 0.3) is 0 Å². The van der Waals surface area contributed by atoms with Crippen molar-refractivity contribution < 1.29 is 18.3 Å². The van der Waals surface area contributed by atoms with Gasteiger partial charge < -0.3 is 9.84 Å². The maximum atomic E-state index is 12.1. The average Bonchev–Trinajstić information content (AvgIpc) is 3.10. The third-order valence-corrected chi connectivity index (χ3v) is 7.87. The molecule has 0 unspecified atom stereocenters. The number of ether oxygens (including phenoxy) is 1. The van der Waals surface area contributed by atoms with E-state index in [0.717, 1.165) is 22.4 Å². The first-order valence-electron chi connectivity index (χ1n) is 10.5. The first-order valence-corrected chi connectivity index (χ1v) is 12.1. The van der Waals surface area contributed by atoms with Gasteiger partial charge >= 0.3 is 0 Å². The lowest BCUT2D eigenvalue weighted by atomic mass is 9.97. The van der Waals surface area contributed by atoms with Gasteiger partial charge in [-0.05, 0) is 44.4 Å². The molecule has 3 aromatic rings. The number of methoxy groups -OCH3 is 1. The highest BCUT2D eigenvalue weighted by molar-refractivity contribution is 7.89. The Kier molecular flexibility index (Phi) is 5.90. The monoisotopic (exact) mass is 444 g/mol. The summed E-state index contributed by atoms with van der Waals surface area (Å²) >= 11 is 0. The SMILES string of the molecule is CCS(=O)(=O)N1CCC(c2nc(C)c3cc(O)n(Cc4cccc(OC)c4)c3n2)CC1. The summed E-state index contributed by atoms with van der Waals surface area (Å²) in [6.07, 6.45) is 1.37. The number of rotatable bonds is 6. The van der Waals surface area contributed by atoms with Crippen molar-refractivity contribution in [2.45, 2.75) is 39.2 Å². The van der Waals surface area contributed by atoms with E-state index in [0.29, 0.717) is 43.9 Å². The second kappa shape index (κ2) is 8.47. The van der Waals surface area contributed by atoms with Gasteiger partial charge in [0.05, 0.1) is 25.1 Å². The molecule has 4 rings (SSSR count). The topological polar surface area (TPSA) is 97.6 Å². The van der Waals surface area contributed by atoms with Crippen molar-refractivity contribution in [1.82, 2.24) is 18.8 Å². The molecule has 1 N–H and O–H groups in total. The van der Waals surface area contributed by atoms with E-state index < -0.39 is 10.0 Å². The van der Waals surface area contributed by atoms with E-state index in [-0.39, 0.29) is 17.6 Å². The van der Waals surface area contributed by atoms with Crippen LogP contribution in [0.4, 0.5) is 0 Å². The van der Waals surface area contributed by atoms with E-state index in [9.17, 15) is 13.5 Å². The van der Waals surface area contributed by atoms with E-state index in [1.807, 2.05) is 31.2 Å². The summed E-state index contributed by atoms with van der Waals surface area (Å²) in [5.74, 6) is 1.82. The van der Waals surface area contributed by atoms with E-state index in [4.69, 9.17) is 14.7 Å². The molecule has 0 spiro atoms. The Morgan fingerprint density at radius 2 is 1.94 bits per heavy atom. The zero-order valence-corrected chi connectivity index (χ0v) is 18.9. The first kappa shape index (κ1) is 21.6. The Morgan fingerprint density at radius 1 is 1.19 bits per heavy atom. The summed E-state index contributed by atoms with van der Waals surface area (Å²) in [7, 11) is -1.54. The lowest BCUT2D eigenvalue weighted by Crippen LogP contribution is -2.39. The fourth-order valence-corrected chi connectivity index (χ4v) is 5.28. The Balaban J connectivity index is 1.64. The highest BCUT2D eigenvalue weighted by Gasteiger charge is 2.29. The number of aromatic nitrogens is 3. The van der Waals surface area contributed by atoms with Crippen LogP contribution in [-0.2, 0) is 16.6 Å². The summed E-state index contributed by atoms with van der Waals surface area (Å²) in [4.78, 5) is 9.52. The highest BCUT2D eigenvalue weighted by Crippen LogP contribution is 2.32. The van der Waals surface area contributed by atoms with Gasteiger partial charge in [-0.3, -0.25) is 4.57 Å². The molecule has 1 saturated heterocycles. The minimum Gasteiger partial charge on any atom is -0.497 e. The molecule has 2 aromatic heterocycles. The van der Waals surface area contributed by atoms with Gasteiger partial charge in [0.2, 0.25) is 10.0 Å². The molecule has 0 saturated carbocycles. The summed E-state index contributed by atoms with van der Waals surface area (Å²) in [6.45, 7) is 5.01. The van der Waals surface area contributed by atoms with Crippen LogP contribution in [0.25, 0.3) is 11.0 Å². The van der Waals surface area contributed by atoms with Gasteiger partial charge in [-0.25, -0.2) is 22.7 Å². The van der Waals surface area contributed by atoms with Gasteiger partial charge in [0.15, 0.2) is 5.88 Å². The van der Waals surface area contributed by atoms with Crippen LogP contribution >= 0.6 is 0 Å². The lowest BCUT2D eigenvalue weighted by Gasteiger charge is -2.30. The van der Waals surface area contributed by atoms with Crippen molar-refractivity contribution in [2.75, 3.05) is 26.0 Å². The first-order chi connectivity index (χ1) is 14.8. The quantitative estimate of drug-likeness (QED) is 0.628. The van der Waals surface area contributed by atoms with Crippen molar-refractivity contribution in [2.24, 2.45) is 0 Å². The molecule has 31 heavy (non-hydrogen) atoms. The Hall–Kier alpha value is -2.65. The lowest BCUT2D eigenvalue weighted by molar-refractivity contribution is 0.314. The van der Waals surface area contributed by atoms with Gasteiger partial charge in [-0.2, -0.15) is 0 Å². The number of benzene rings is 1. The van der Waals surface area contributed by atoms with Crippen LogP contribution in [0.2, 0.25) is 0 Å². The summed E-state index contributed by atoms with van der Waals surface area (Å²) in [5, 5.41) is 11.4. The minimum absolute atomic E-state index is 0.0914. The van der Waals surface area contributed by atoms with E-state index in [2.05, 4.69) is 0 Å². The average molecular weight is 445 g/mol. The molecule has 8 nitrogen and oxygen atoms in total. The van der Waals surface area contributed by atoms with Gasteiger partial charge in [-0.1, -0.05) is 12.1 Å². The molecule has 0 aliphatic carbocycles. The Bertz CT molecular complexity index is 1200. The summed E-state index contributed by atoms with van der Waals surface area (Å²) in [5.41, 5.74) is 2.48. The minimum atomic E-state index is -3.17. The molecule has 1 aliphatic heterocycles. The van der Waals surface area contributed by atoms with Crippen LogP contribution < -0.4 is 4.74 Å². The van der Waals surface area contributed by atoms with E-state index >= 15 is 0 Å². The molecule has 3 heterocycles. The molecule has 1 fully saturated rings. The van der Waals surface area contributed by atoms with Crippen molar-refractivity contribution in [3.63, 3.8) is 0 Å². The molecule has 0 amide bonds. The molecule has 9 heteroatoms. The van der Waals surface area contributed by atoms with Gasteiger partial charge in [-0.15, -0.1) is 0 Å². The molecule has 0 bridgehead atoms. The predicted molar refractivity (Wildman–Crippen MR) is 119 cm³/mol. The normalized spacial score (nSPS) is 16.1. The van der Waals surface area contributed by atoms with Crippen LogP contribution in [0.3, 0.4) is 0 Å². The van der Waals surface area contributed by atoms with E-state index in [1.54, 1.807) is 29.0 Å². The van der Waals surface area contributed by atoms with Crippen LogP contribution in [0.1, 0.15) is 42.8 Å². The standard InChI is InChI=1S/C22H28N4O4S/c1-4-31(28,29)25-10-8-17(9-11-25)21-23-15(2)19-13-20(27)26(22(19)24-21)14-16-6-5-7-18(12-16)30-3/h5-7,12-13,17,27H,4,8-11,14H2,1-3H3. The van der Waals surface area contributed by atoms with Crippen LogP contribution in [-0.4, -0.2) is 58.3 Å².